The summed E-state index contributed by atoms with van der Waals surface area (Å²) in [6.07, 6.45) is 4.70. The molecule has 5 nitrogen and oxygen atoms in total. The largest absolute Gasteiger partial charge is 0.455 e. The number of aromatic nitrogens is 2. The summed E-state index contributed by atoms with van der Waals surface area (Å²) < 4.78 is 11.3. The predicted octanol–water partition coefficient (Wildman–Crippen LogP) is 10.6. The highest BCUT2D eigenvalue weighted by atomic mass is 28.3. The number of rotatable bonds is 6. The zero-order valence-corrected chi connectivity index (χ0v) is 34.5. The van der Waals surface area contributed by atoms with Gasteiger partial charge >= 0.3 is 0 Å². The van der Waals surface area contributed by atoms with E-state index < -0.39 is 8.07 Å². The van der Waals surface area contributed by atoms with Gasteiger partial charge in [0.1, 0.15) is 11.2 Å². The van der Waals surface area contributed by atoms with Crippen molar-refractivity contribution in [1.82, 2.24) is 9.13 Å². The molecule has 0 radical (unpaired) electrons. The molecule has 3 aromatic heterocycles. The first-order chi connectivity index (χ1) is 30.6. The monoisotopic (exact) mass is 808 g/mol. The highest BCUT2D eigenvalue weighted by molar-refractivity contribution is 7.19. The Kier molecular flexibility index (Phi) is 8.05. The Morgan fingerprint density at radius 2 is 1.18 bits per heavy atom. The Morgan fingerprint density at radius 3 is 1.94 bits per heavy atom. The summed E-state index contributed by atoms with van der Waals surface area (Å²) in [5.74, 6) is -0.206. The standard InChI is InChI=1S/C56H36N4OSi/c57-35-37-22-29-51-48(32-37)49-33-38(36-58)23-30-52(49)59(51)39-24-26-43(27-25-39)62(41-13-3-1-4-14-41,42-15-5-2-6-16-42)44-17-11-12-40(34-44)60-50-20-9-7-19-47(50)55-53(60)31-28-46-45-18-8-10-21-54(45)61-56(46)55/h1-32,34,38H,33H2. The Hall–Kier alpha value is -8.16. The fraction of sp³-hybridized carbons (Fsp3) is 0.0357. The maximum absolute atomic E-state index is 9.87. The molecule has 0 saturated carbocycles. The minimum atomic E-state index is -2.99. The topological polar surface area (TPSA) is 70.6 Å². The molecule has 1 aliphatic carbocycles. The Labute approximate surface area is 358 Å². The molecule has 0 fully saturated rings. The number of hydrogen-bond donors (Lipinski definition) is 0. The average molecular weight is 809 g/mol. The van der Waals surface area contributed by atoms with Gasteiger partial charge in [0.25, 0.3) is 0 Å². The molecule has 1 atom stereocenters. The lowest BCUT2D eigenvalue weighted by molar-refractivity contribution is 0.673. The second kappa shape index (κ2) is 14.0. The molecule has 0 bridgehead atoms. The third-order valence-electron chi connectivity index (χ3n) is 13.0. The molecule has 0 spiro atoms. The number of benzene rings is 8. The number of para-hydroxylation sites is 2. The van der Waals surface area contributed by atoms with Crippen LogP contribution in [0.2, 0.25) is 0 Å². The summed E-state index contributed by atoms with van der Waals surface area (Å²) in [7, 11) is -2.99. The minimum Gasteiger partial charge on any atom is -0.455 e. The quantitative estimate of drug-likeness (QED) is 0.124. The third-order valence-corrected chi connectivity index (χ3v) is 17.8. The van der Waals surface area contributed by atoms with Crippen LogP contribution in [0.15, 0.2) is 199 Å². The van der Waals surface area contributed by atoms with Crippen LogP contribution >= 0.6 is 0 Å². The lowest BCUT2D eigenvalue weighted by atomic mass is 9.92. The van der Waals surface area contributed by atoms with E-state index in [2.05, 4.69) is 191 Å². The second-order valence-corrected chi connectivity index (χ2v) is 20.0. The first kappa shape index (κ1) is 35.8. The van der Waals surface area contributed by atoms with E-state index in [9.17, 15) is 10.5 Å². The smallest absolute Gasteiger partial charge is 0.179 e. The van der Waals surface area contributed by atoms with Crippen molar-refractivity contribution in [2.75, 3.05) is 0 Å². The van der Waals surface area contributed by atoms with E-state index in [0.29, 0.717) is 12.0 Å². The van der Waals surface area contributed by atoms with Gasteiger partial charge in [0, 0.05) is 38.6 Å². The molecule has 3 heterocycles. The molecule has 8 aromatic carbocycles. The number of nitriles is 2. The fourth-order valence-corrected chi connectivity index (χ4v) is 15.1. The SMILES string of the molecule is N#Cc1ccc2c(c1)c1c(n2-c2ccc([Si](c3ccccc3)(c3ccccc3)c3cccc(-n4c5ccccc5c5c6oc7ccccc7c6ccc54)c3)cc2)C=CC(C#N)C1. The molecule has 6 heteroatoms. The summed E-state index contributed by atoms with van der Waals surface area (Å²) in [6, 6.07) is 72.5. The van der Waals surface area contributed by atoms with Crippen molar-refractivity contribution in [1.29, 1.82) is 10.5 Å². The van der Waals surface area contributed by atoms with Gasteiger partial charge < -0.3 is 13.6 Å². The molecular weight excluding hydrogens is 773 g/mol. The molecule has 0 amide bonds. The summed E-state index contributed by atoms with van der Waals surface area (Å²) >= 11 is 0. The zero-order valence-electron chi connectivity index (χ0n) is 33.5. The lowest BCUT2D eigenvalue weighted by Gasteiger charge is -2.35. The normalized spacial score (nSPS) is 13.8. The number of fused-ring (bicyclic) bond motifs is 10. The third kappa shape index (κ3) is 5.18. The van der Waals surface area contributed by atoms with Crippen molar-refractivity contribution >= 4 is 89.5 Å². The number of hydrogen-bond acceptors (Lipinski definition) is 3. The van der Waals surface area contributed by atoms with Gasteiger partial charge in [-0.15, -0.1) is 0 Å². The number of allylic oxidation sites excluding steroid dienone is 1. The Balaban J connectivity index is 1.09. The summed E-state index contributed by atoms with van der Waals surface area (Å²) in [5, 5.41) is 30.3. The number of nitrogens with zero attached hydrogens (tertiary/aromatic N) is 4. The Bertz CT molecular complexity index is 3650. The summed E-state index contributed by atoms with van der Waals surface area (Å²) in [5.41, 5.74) is 9.96. The van der Waals surface area contributed by atoms with Gasteiger partial charge in [0.15, 0.2) is 8.07 Å². The Morgan fingerprint density at radius 1 is 0.516 bits per heavy atom. The average Bonchev–Trinajstić information content (AvgIpc) is 4.00. The molecule has 12 rings (SSSR count). The van der Waals surface area contributed by atoms with Crippen LogP contribution in [0.5, 0.6) is 0 Å². The minimum absolute atomic E-state index is 0.206. The van der Waals surface area contributed by atoms with Gasteiger partial charge in [-0.05, 0) is 106 Å². The van der Waals surface area contributed by atoms with E-state index in [1.165, 1.54) is 20.7 Å². The van der Waals surface area contributed by atoms with Crippen molar-refractivity contribution in [3.63, 3.8) is 0 Å². The van der Waals surface area contributed by atoms with Crippen LogP contribution in [0, 0.1) is 28.6 Å². The maximum Gasteiger partial charge on any atom is 0.179 e. The molecule has 290 valence electrons. The van der Waals surface area contributed by atoms with Crippen LogP contribution in [0.4, 0.5) is 0 Å². The van der Waals surface area contributed by atoms with Crippen molar-refractivity contribution in [3.05, 3.63) is 211 Å². The van der Waals surface area contributed by atoms with Gasteiger partial charge in [-0.3, -0.25) is 0 Å². The molecule has 0 aliphatic heterocycles. The summed E-state index contributed by atoms with van der Waals surface area (Å²) in [4.78, 5) is 0. The fourth-order valence-electron chi connectivity index (χ4n) is 10.3. The van der Waals surface area contributed by atoms with E-state index in [1.54, 1.807) is 0 Å². The van der Waals surface area contributed by atoms with Gasteiger partial charge in [-0.1, -0.05) is 127 Å². The molecule has 1 unspecified atom stereocenters. The van der Waals surface area contributed by atoms with E-state index in [4.69, 9.17) is 4.42 Å². The molecule has 1 aliphatic rings. The van der Waals surface area contributed by atoms with Crippen LogP contribution < -0.4 is 20.7 Å². The van der Waals surface area contributed by atoms with Crippen LogP contribution in [0.1, 0.15) is 16.8 Å². The van der Waals surface area contributed by atoms with Gasteiger partial charge in [-0.2, -0.15) is 10.5 Å². The first-order valence-corrected chi connectivity index (χ1v) is 23.0. The van der Waals surface area contributed by atoms with E-state index in [1.807, 2.05) is 30.3 Å². The van der Waals surface area contributed by atoms with Crippen LogP contribution in [-0.4, -0.2) is 17.2 Å². The van der Waals surface area contributed by atoms with Crippen LogP contribution in [0.25, 0.3) is 72.1 Å². The van der Waals surface area contributed by atoms with Crippen molar-refractivity contribution in [3.8, 4) is 23.5 Å². The highest BCUT2D eigenvalue weighted by Crippen LogP contribution is 2.41. The maximum atomic E-state index is 9.87. The predicted molar refractivity (Wildman–Crippen MR) is 255 cm³/mol. The van der Waals surface area contributed by atoms with Gasteiger partial charge in [-0.25, -0.2) is 0 Å². The lowest BCUT2D eigenvalue weighted by Crippen LogP contribution is -2.74. The van der Waals surface area contributed by atoms with Crippen LogP contribution in [0.3, 0.4) is 0 Å². The zero-order chi connectivity index (χ0) is 41.4. The second-order valence-electron chi connectivity index (χ2n) is 16.2. The number of furan rings is 1. The highest BCUT2D eigenvalue weighted by Gasteiger charge is 2.42. The van der Waals surface area contributed by atoms with E-state index in [0.717, 1.165) is 77.3 Å². The van der Waals surface area contributed by atoms with Crippen molar-refractivity contribution in [2.45, 2.75) is 6.42 Å². The molecule has 11 aromatic rings. The van der Waals surface area contributed by atoms with E-state index in [-0.39, 0.29) is 5.92 Å². The van der Waals surface area contributed by atoms with Gasteiger partial charge in [0.2, 0.25) is 0 Å². The van der Waals surface area contributed by atoms with Crippen LogP contribution in [-0.2, 0) is 6.42 Å². The molecule has 0 saturated heterocycles. The van der Waals surface area contributed by atoms with Crippen molar-refractivity contribution in [2.24, 2.45) is 5.92 Å². The molecule has 62 heavy (non-hydrogen) atoms. The van der Waals surface area contributed by atoms with Gasteiger partial charge in [0.05, 0.1) is 45.6 Å². The molecule has 0 N–H and O–H groups in total. The first-order valence-electron chi connectivity index (χ1n) is 21.0. The molecular formula is C56H36N4OSi. The van der Waals surface area contributed by atoms with Crippen molar-refractivity contribution < 1.29 is 4.42 Å². The summed E-state index contributed by atoms with van der Waals surface area (Å²) in [6.45, 7) is 0. The van der Waals surface area contributed by atoms with E-state index >= 15 is 0 Å².